The first-order valence-corrected chi connectivity index (χ1v) is 8.85. The molecule has 24 heavy (non-hydrogen) atoms. The lowest BCUT2D eigenvalue weighted by molar-refractivity contribution is 0.306. The zero-order valence-corrected chi connectivity index (χ0v) is 13.6. The minimum absolute atomic E-state index is 0.0265. The molecule has 0 aromatic heterocycles. The van der Waals surface area contributed by atoms with Gasteiger partial charge < -0.3 is 9.84 Å². The Kier molecular flexibility index (Phi) is 4.53. The van der Waals surface area contributed by atoms with Crippen molar-refractivity contribution in [2.75, 3.05) is 0 Å². The molecule has 5 heteroatoms. The fourth-order valence-electron chi connectivity index (χ4n) is 2.22. The minimum atomic E-state index is -3.61. The standard InChI is InChI=1S/C19H16O4S/c20-16-6-10-18(11-7-16)24(21,22)19-12-8-17(9-13-19)23-14-15-4-2-1-3-5-15/h1-13,20H,14H2/i6+1,7+1,8+1,9+1,10+1,11+1,12+1,13+1,16+1,17+1,18+1,19+1. The van der Waals surface area contributed by atoms with Gasteiger partial charge in [0, 0.05) is 0 Å². The van der Waals surface area contributed by atoms with Crippen LogP contribution in [0.15, 0.2) is 88.7 Å². The molecule has 3 rings (SSSR count). The third kappa shape index (κ3) is 3.58. The molecule has 4 nitrogen and oxygen atoms in total. The number of sulfone groups is 1. The van der Waals surface area contributed by atoms with Gasteiger partial charge in [0.15, 0.2) is 0 Å². The van der Waals surface area contributed by atoms with Crippen molar-refractivity contribution < 1.29 is 18.3 Å². The first kappa shape index (κ1) is 16.1. The summed E-state index contributed by atoms with van der Waals surface area (Å²) in [4.78, 5) is 0.318. The summed E-state index contributed by atoms with van der Waals surface area (Å²) in [6.07, 6.45) is 0. The van der Waals surface area contributed by atoms with Crippen LogP contribution in [0.5, 0.6) is 11.5 Å². The summed E-state index contributed by atoms with van der Waals surface area (Å²) in [5, 5.41) is 9.27. The highest BCUT2D eigenvalue weighted by Gasteiger charge is 2.17. The second-order valence-electron chi connectivity index (χ2n) is 5.24. The van der Waals surface area contributed by atoms with Gasteiger partial charge in [0.05, 0.1) is 9.79 Å². The Hall–Kier alpha value is -2.79. The molecule has 0 aliphatic carbocycles. The summed E-state index contributed by atoms with van der Waals surface area (Å²) in [5.41, 5.74) is 1.04. The van der Waals surface area contributed by atoms with Crippen molar-refractivity contribution in [3.63, 3.8) is 0 Å². The van der Waals surface area contributed by atoms with E-state index in [4.69, 9.17) is 4.74 Å². The van der Waals surface area contributed by atoms with Crippen LogP contribution in [0.1, 0.15) is 5.56 Å². The summed E-state index contributed by atoms with van der Waals surface area (Å²) in [6, 6.07) is 21.5. The van der Waals surface area contributed by atoms with E-state index in [-0.39, 0.29) is 15.5 Å². The maximum atomic E-state index is 12.5. The number of phenolic OH excluding ortho intramolecular Hbond substituents is 1. The van der Waals surface area contributed by atoms with E-state index in [1.165, 1.54) is 36.4 Å². The monoisotopic (exact) mass is 352 g/mol. The Morgan fingerprint density at radius 3 is 1.88 bits per heavy atom. The number of phenols is 1. The highest BCUT2D eigenvalue weighted by Crippen LogP contribution is 2.24. The Morgan fingerprint density at radius 2 is 1.29 bits per heavy atom. The Morgan fingerprint density at radius 1 is 0.750 bits per heavy atom. The van der Waals surface area contributed by atoms with Crippen LogP contribution in [0.2, 0.25) is 0 Å². The van der Waals surface area contributed by atoms with E-state index in [9.17, 15) is 13.5 Å². The first-order chi connectivity index (χ1) is 11.6. The van der Waals surface area contributed by atoms with Gasteiger partial charge in [0.1, 0.15) is 18.1 Å². The van der Waals surface area contributed by atoms with Gasteiger partial charge in [-0.3, -0.25) is 0 Å². The highest BCUT2D eigenvalue weighted by atomic mass is 32.2. The summed E-state index contributed by atoms with van der Waals surface area (Å²) >= 11 is 0. The molecule has 3 aromatic carbocycles. The molecule has 1 N–H and O–H groups in total. The van der Waals surface area contributed by atoms with Crippen LogP contribution in [0, 0.1) is 0 Å². The fraction of sp³-hybridized carbons (Fsp3) is 0.0526. The quantitative estimate of drug-likeness (QED) is 0.759. The third-order valence-electron chi connectivity index (χ3n) is 3.53. The maximum Gasteiger partial charge on any atom is 0.206 e. The van der Waals surface area contributed by atoms with Crippen molar-refractivity contribution in [3.05, 3.63) is 84.4 Å². The molecule has 0 fully saturated rings. The van der Waals surface area contributed by atoms with Crippen LogP contribution >= 0.6 is 0 Å². The smallest absolute Gasteiger partial charge is 0.206 e. The van der Waals surface area contributed by atoms with Gasteiger partial charge in [-0.15, -0.1) is 0 Å². The van der Waals surface area contributed by atoms with Gasteiger partial charge in [-0.2, -0.15) is 0 Å². The predicted molar refractivity (Wildman–Crippen MR) is 90.8 cm³/mol. The second-order valence-corrected chi connectivity index (χ2v) is 7.19. The average Bonchev–Trinajstić information content (AvgIpc) is 2.61. The number of aromatic hydroxyl groups is 1. The number of hydrogen-bond donors (Lipinski definition) is 1. The van der Waals surface area contributed by atoms with Gasteiger partial charge in [0.25, 0.3) is 0 Å². The van der Waals surface area contributed by atoms with E-state index in [1.807, 2.05) is 30.3 Å². The van der Waals surface area contributed by atoms with Crippen molar-refractivity contribution in [2.45, 2.75) is 16.4 Å². The Balaban J connectivity index is 1.75. The molecule has 0 aliphatic rings. The minimum Gasteiger partial charge on any atom is -0.508 e. The number of ether oxygens (including phenoxy) is 1. The lowest BCUT2D eigenvalue weighted by atomic mass is 10.2. The molecular formula is C19H16O4S. The van der Waals surface area contributed by atoms with Crippen LogP contribution in [-0.4, -0.2) is 13.5 Å². The van der Waals surface area contributed by atoms with Crippen LogP contribution in [-0.2, 0) is 16.4 Å². The normalized spacial score (nSPS) is 11.2. The molecule has 122 valence electrons. The predicted octanol–water partition coefficient (Wildman–Crippen LogP) is 3.80. The van der Waals surface area contributed by atoms with Crippen LogP contribution in [0.4, 0.5) is 0 Å². The zero-order chi connectivity index (χ0) is 17.0. The summed E-state index contributed by atoms with van der Waals surface area (Å²) in [5.74, 6) is 0.627. The van der Waals surface area contributed by atoms with Crippen LogP contribution in [0.25, 0.3) is 0 Å². The third-order valence-corrected chi connectivity index (χ3v) is 5.31. The van der Waals surface area contributed by atoms with Crippen molar-refractivity contribution >= 4 is 9.84 Å². The molecule has 0 bridgehead atoms. The summed E-state index contributed by atoms with van der Waals surface area (Å²) < 4.78 is 30.7. The molecular weight excluding hydrogens is 336 g/mol. The van der Waals surface area contributed by atoms with Crippen molar-refractivity contribution in [1.82, 2.24) is 0 Å². The maximum absolute atomic E-state index is 12.5. The Labute approximate surface area is 140 Å². The number of hydrogen-bond acceptors (Lipinski definition) is 4. The van der Waals surface area contributed by atoms with Gasteiger partial charge in [-0.05, 0) is 54.1 Å². The van der Waals surface area contributed by atoms with E-state index in [1.54, 1.807) is 12.1 Å². The fourth-order valence-corrected chi connectivity index (χ4v) is 3.48. The molecule has 0 unspecified atom stereocenters. The largest absolute Gasteiger partial charge is 0.508 e. The Bertz CT molecular complexity index is 900. The van der Waals surface area contributed by atoms with Crippen molar-refractivity contribution in [2.24, 2.45) is 0 Å². The number of rotatable bonds is 5. The molecule has 0 radical (unpaired) electrons. The van der Waals surface area contributed by atoms with Crippen LogP contribution < -0.4 is 4.74 Å². The van der Waals surface area contributed by atoms with E-state index in [0.29, 0.717) is 12.4 Å². The van der Waals surface area contributed by atoms with E-state index < -0.39 is 9.84 Å². The molecule has 0 amide bonds. The van der Waals surface area contributed by atoms with Crippen LogP contribution in [0.3, 0.4) is 0 Å². The lowest BCUT2D eigenvalue weighted by Crippen LogP contribution is -2.02. The van der Waals surface area contributed by atoms with Gasteiger partial charge in [-0.25, -0.2) is 8.42 Å². The zero-order valence-electron chi connectivity index (χ0n) is 12.8. The van der Waals surface area contributed by atoms with Gasteiger partial charge in [-0.1, -0.05) is 30.3 Å². The second kappa shape index (κ2) is 6.76. The summed E-state index contributed by atoms with van der Waals surface area (Å²) in [7, 11) is -3.61. The van der Waals surface area contributed by atoms with E-state index >= 15 is 0 Å². The molecule has 3 aromatic rings. The SMILES string of the molecule is O=S(=O)([13c]1[13cH][13cH][13c](O)[13cH][13cH]1)[13c]1[13cH][13cH][13c](OCc2ccccc2)[13cH][13cH]1. The average molecular weight is 352 g/mol. The van der Waals surface area contributed by atoms with Crippen molar-refractivity contribution in [3.8, 4) is 11.5 Å². The van der Waals surface area contributed by atoms with Gasteiger partial charge >= 0.3 is 0 Å². The van der Waals surface area contributed by atoms with E-state index in [2.05, 4.69) is 0 Å². The van der Waals surface area contributed by atoms with Crippen molar-refractivity contribution in [1.29, 1.82) is 0 Å². The molecule has 0 heterocycles. The highest BCUT2D eigenvalue weighted by molar-refractivity contribution is 7.91. The van der Waals surface area contributed by atoms with Gasteiger partial charge in [0.2, 0.25) is 9.84 Å². The lowest BCUT2D eigenvalue weighted by Gasteiger charge is -2.08. The number of benzene rings is 3. The molecule has 0 spiro atoms. The molecule has 0 aliphatic heterocycles. The molecule has 0 saturated heterocycles. The molecule has 0 saturated carbocycles. The van der Waals surface area contributed by atoms with E-state index in [0.717, 1.165) is 5.56 Å². The molecule has 0 atom stereocenters. The topological polar surface area (TPSA) is 63.6 Å². The first-order valence-electron chi connectivity index (χ1n) is 7.36. The summed E-state index contributed by atoms with van der Waals surface area (Å²) in [6.45, 7) is 0.422.